The van der Waals surface area contributed by atoms with Gasteiger partial charge in [0.2, 0.25) is 0 Å². The molecule has 0 spiro atoms. The molecule has 136 valence electrons. The van der Waals surface area contributed by atoms with Gasteiger partial charge in [-0.3, -0.25) is 9.59 Å². The van der Waals surface area contributed by atoms with E-state index in [9.17, 15) is 30.0 Å². The van der Waals surface area contributed by atoms with Gasteiger partial charge in [-0.2, -0.15) is 0 Å². The quantitative estimate of drug-likeness (QED) is 0.300. The standard InChI is InChI=1S/C16H30O7/c1-12(16(9-17,10-18)11-19)13(15(22)23)7-5-3-2-4-6-8-14(20)21/h12-13,17-19H,2-11H2,1H3,(H,20,21)(H,22,23). The molecule has 0 aromatic rings. The summed E-state index contributed by atoms with van der Waals surface area (Å²) in [5.74, 6) is -3.12. The number of carboxylic acid groups (broad SMARTS) is 2. The Labute approximate surface area is 137 Å². The largest absolute Gasteiger partial charge is 0.481 e. The third kappa shape index (κ3) is 7.28. The zero-order valence-corrected chi connectivity index (χ0v) is 13.8. The third-order valence-electron chi connectivity index (χ3n) is 4.74. The van der Waals surface area contributed by atoms with E-state index in [1.54, 1.807) is 6.92 Å². The van der Waals surface area contributed by atoms with Crippen LogP contribution >= 0.6 is 0 Å². The summed E-state index contributed by atoms with van der Waals surface area (Å²) < 4.78 is 0. The van der Waals surface area contributed by atoms with Gasteiger partial charge in [0.15, 0.2) is 0 Å². The Balaban J connectivity index is 4.36. The topological polar surface area (TPSA) is 135 Å². The number of aliphatic hydroxyl groups excluding tert-OH is 3. The van der Waals surface area contributed by atoms with Gasteiger partial charge in [0.25, 0.3) is 0 Å². The molecule has 7 nitrogen and oxygen atoms in total. The summed E-state index contributed by atoms with van der Waals surface area (Å²) in [5.41, 5.74) is -1.20. The Hall–Kier alpha value is -1.18. The van der Waals surface area contributed by atoms with Crippen molar-refractivity contribution in [2.75, 3.05) is 19.8 Å². The first-order chi connectivity index (χ1) is 10.8. The van der Waals surface area contributed by atoms with Crippen LogP contribution in [-0.2, 0) is 9.59 Å². The van der Waals surface area contributed by atoms with Crippen molar-refractivity contribution in [3.05, 3.63) is 0 Å². The van der Waals surface area contributed by atoms with E-state index < -0.39 is 49.0 Å². The van der Waals surface area contributed by atoms with Crippen LogP contribution < -0.4 is 0 Å². The lowest BCUT2D eigenvalue weighted by atomic mass is 9.70. The van der Waals surface area contributed by atoms with Crippen molar-refractivity contribution in [2.24, 2.45) is 17.3 Å². The van der Waals surface area contributed by atoms with Gasteiger partial charge in [-0.05, 0) is 18.8 Å². The van der Waals surface area contributed by atoms with Crippen molar-refractivity contribution in [1.82, 2.24) is 0 Å². The highest BCUT2D eigenvalue weighted by atomic mass is 16.4. The summed E-state index contributed by atoms with van der Waals surface area (Å²) in [6.45, 7) is 0.217. The first-order valence-electron chi connectivity index (χ1n) is 8.11. The van der Waals surface area contributed by atoms with Crippen LogP contribution in [0.15, 0.2) is 0 Å². The normalized spacial score (nSPS) is 14.4. The number of aliphatic hydroxyl groups is 3. The highest BCUT2D eigenvalue weighted by molar-refractivity contribution is 5.70. The molecule has 7 heteroatoms. The van der Waals surface area contributed by atoms with Crippen LogP contribution in [0, 0.1) is 17.3 Å². The highest BCUT2D eigenvalue weighted by Gasteiger charge is 2.41. The third-order valence-corrected chi connectivity index (χ3v) is 4.74. The van der Waals surface area contributed by atoms with Crippen molar-refractivity contribution in [3.8, 4) is 0 Å². The molecule has 0 aromatic carbocycles. The SMILES string of the molecule is CC(C(CCCCCCCC(=O)O)C(=O)O)C(CO)(CO)CO. The Morgan fingerprint density at radius 1 is 0.870 bits per heavy atom. The van der Waals surface area contributed by atoms with Crippen LogP contribution in [0.1, 0.15) is 51.9 Å². The van der Waals surface area contributed by atoms with Gasteiger partial charge < -0.3 is 25.5 Å². The Morgan fingerprint density at radius 3 is 1.78 bits per heavy atom. The molecule has 0 aliphatic heterocycles. The number of carbonyl (C=O) groups is 2. The molecule has 0 aromatic heterocycles. The van der Waals surface area contributed by atoms with Crippen LogP contribution in [0.3, 0.4) is 0 Å². The maximum absolute atomic E-state index is 11.5. The zero-order valence-electron chi connectivity index (χ0n) is 13.8. The minimum absolute atomic E-state index is 0.154. The minimum Gasteiger partial charge on any atom is -0.481 e. The molecule has 0 aliphatic rings. The smallest absolute Gasteiger partial charge is 0.306 e. The number of rotatable bonds is 14. The first kappa shape index (κ1) is 21.8. The summed E-state index contributed by atoms with van der Waals surface area (Å²) in [6.07, 6.45) is 4.30. The van der Waals surface area contributed by atoms with Gasteiger partial charge in [0.05, 0.1) is 25.7 Å². The van der Waals surface area contributed by atoms with E-state index in [0.29, 0.717) is 19.3 Å². The summed E-state index contributed by atoms with van der Waals surface area (Å²) >= 11 is 0. The highest BCUT2D eigenvalue weighted by Crippen LogP contribution is 2.35. The summed E-state index contributed by atoms with van der Waals surface area (Å²) in [7, 11) is 0. The number of aliphatic carboxylic acids is 2. The van der Waals surface area contributed by atoms with E-state index >= 15 is 0 Å². The van der Waals surface area contributed by atoms with E-state index in [-0.39, 0.29) is 6.42 Å². The molecule has 0 aliphatic carbocycles. The number of hydrogen-bond donors (Lipinski definition) is 5. The van der Waals surface area contributed by atoms with Crippen LogP contribution in [-0.4, -0.2) is 57.3 Å². The Kier molecular flexibility index (Phi) is 10.8. The molecule has 23 heavy (non-hydrogen) atoms. The molecule has 0 radical (unpaired) electrons. The average Bonchev–Trinajstić information content (AvgIpc) is 2.51. The molecular weight excluding hydrogens is 304 g/mol. The van der Waals surface area contributed by atoms with Gasteiger partial charge in [-0.1, -0.05) is 32.6 Å². The fraction of sp³-hybridized carbons (Fsp3) is 0.875. The molecule has 2 unspecified atom stereocenters. The van der Waals surface area contributed by atoms with E-state index in [1.807, 2.05) is 0 Å². The molecule has 0 rings (SSSR count). The van der Waals surface area contributed by atoms with E-state index in [1.165, 1.54) is 0 Å². The Bertz CT molecular complexity index is 344. The molecule has 2 atom stereocenters. The summed E-state index contributed by atoms with van der Waals surface area (Å²) in [6, 6.07) is 0. The van der Waals surface area contributed by atoms with Crippen LogP contribution in [0.2, 0.25) is 0 Å². The van der Waals surface area contributed by atoms with Gasteiger partial charge in [-0.25, -0.2) is 0 Å². The predicted molar refractivity (Wildman–Crippen MR) is 83.9 cm³/mol. The van der Waals surface area contributed by atoms with Crippen LogP contribution in [0.4, 0.5) is 0 Å². The number of hydrogen-bond acceptors (Lipinski definition) is 5. The first-order valence-corrected chi connectivity index (χ1v) is 8.11. The maximum Gasteiger partial charge on any atom is 0.306 e. The van der Waals surface area contributed by atoms with Crippen LogP contribution in [0.25, 0.3) is 0 Å². The second kappa shape index (κ2) is 11.4. The molecule has 5 N–H and O–H groups in total. The molecule has 0 heterocycles. The lowest BCUT2D eigenvalue weighted by Crippen LogP contribution is -2.45. The van der Waals surface area contributed by atoms with Gasteiger partial charge >= 0.3 is 11.9 Å². The fourth-order valence-electron chi connectivity index (χ4n) is 2.77. The average molecular weight is 334 g/mol. The maximum atomic E-state index is 11.5. The fourth-order valence-corrected chi connectivity index (χ4v) is 2.77. The molecular formula is C16H30O7. The molecule has 0 amide bonds. The second-order valence-electron chi connectivity index (χ2n) is 6.27. The van der Waals surface area contributed by atoms with Crippen molar-refractivity contribution in [1.29, 1.82) is 0 Å². The van der Waals surface area contributed by atoms with Gasteiger partial charge in [0, 0.05) is 11.8 Å². The van der Waals surface area contributed by atoms with E-state index in [2.05, 4.69) is 0 Å². The zero-order chi connectivity index (χ0) is 17.9. The minimum atomic E-state index is -1.20. The summed E-state index contributed by atoms with van der Waals surface area (Å²) in [5, 5.41) is 46.2. The lowest BCUT2D eigenvalue weighted by Gasteiger charge is -2.37. The molecule has 0 bridgehead atoms. The molecule has 0 saturated heterocycles. The predicted octanol–water partition coefficient (Wildman–Crippen LogP) is 1.10. The Morgan fingerprint density at radius 2 is 1.35 bits per heavy atom. The number of carboxylic acids is 2. The lowest BCUT2D eigenvalue weighted by molar-refractivity contribution is -0.149. The molecule has 0 fully saturated rings. The van der Waals surface area contributed by atoms with Crippen molar-refractivity contribution in [3.63, 3.8) is 0 Å². The van der Waals surface area contributed by atoms with Crippen molar-refractivity contribution >= 4 is 11.9 Å². The summed E-state index contributed by atoms with van der Waals surface area (Å²) in [4.78, 5) is 21.8. The monoisotopic (exact) mass is 334 g/mol. The van der Waals surface area contributed by atoms with E-state index in [4.69, 9.17) is 5.11 Å². The van der Waals surface area contributed by atoms with Crippen LogP contribution in [0.5, 0.6) is 0 Å². The van der Waals surface area contributed by atoms with Gasteiger partial charge in [-0.15, -0.1) is 0 Å². The second-order valence-corrected chi connectivity index (χ2v) is 6.27. The van der Waals surface area contributed by atoms with Gasteiger partial charge in [0.1, 0.15) is 0 Å². The number of unbranched alkanes of at least 4 members (excludes halogenated alkanes) is 4. The molecule has 0 saturated carbocycles. The van der Waals surface area contributed by atoms with Crippen molar-refractivity contribution in [2.45, 2.75) is 51.9 Å². The van der Waals surface area contributed by atoms with Crippen molar-refractivity contribution < 1.29 is 35.1 Å². The van der Waals surface area contributed by atoms with E-state index in [0.717, 1.165) is 19.3 Å².